The van der Waals surface area contributed by atoms with E-state index in [1.807, 2.05) is 0 Å². The average molecular weight is 326 g/mol. The van der Waals surface area contributed by atoms with Gasteiger partial charge in [0.25, 0.3) is 5.91 Å². The van der Waals surface area contributed by atoms with E-state index in [1.54, 1.807) is 6.92 Å². The number of halogens is 1. The number of nitrogens with zero attached hydrogens (tertiary/aromatic N) is 2. The lowest BCUT2D eigenvalue weighted by molar-refractivity contribution is -0.387. The van der Waals surface area contributed by atoms with Crippen molar-refractivity contribution in [1.29, 1.82) is 0 Å². The summed E-state index contributed by atoms with van der Waals surface area (Å²) >= 11 is 0. The predicted octanol–water partition coefficient (Wildman–Crippen LogP) is 1.29. The van der Waals surface area contributed by atoms with Crippen LogP contribution in [0, 0.1) is 27.8 Å². The largest absolute Gasteiger partial charge is 0.484 e. The summed E-state index contributed by atoms with van der Waals surface area (Å²) in [6.45, 7) is 1.77. The Bertz CT molecular complexity index is 650. The number of carbonyl (C=O) groups is 2. The molecule has 8 nitrogen and oxygen atoms in total. The molecule has 0 radical (unpaired) electrons. The second-order valence-corrected chi connectivity index (χ2v) is 5.38. The first kappa shape index (κ1) is 16.7. The van der Waals surface area contributed by atoms with Gasteiger partial charge in [-0.1, -0.05) is 6.92 Å². The minimum Gasteiger partial charge on any atom is -0.484 e. The van der Waals surface area contributed by atoms with Gasteiger partial charge in [0.05, 0.1) is 10.8 Å². The van der Waals surface area contributed by atoms with Crippen LogP contribution in [0.2, 0.25) is 0 Å². The van der Waals surface area contributed by atoms with E-state index in [4.69, 9.17) is 9.84 Å². The standard InChI is InChI=1S/C14H15FN2O6/c1-8-5-16(6-10(8)14(19)20)13(18)7-23-9-2-3-12(17(21)22)11(15)4-9/h2-4,8,10H,5-7H2,1H3,(H,19,20)/t8-,10-/m1/s1. The number of amides is 1. The molecule has 0 spiro atoms. The van der Waals surface area contributed by atoms with Crippen LogP contribution in [0.15, 0.2) is 18.2 Å². The minimum absolute atomic E-state index is 0.0107. The number of nitro groups is 1. The highest BCUT2D eigenvalue weighted by Crippen LogP contribution is 2.24. The third-order valence-electron chi connectivity index (χ3n) is 3.76. The maximum absolute atomic E-state index is 13.4. The van der Waals surface area contributed by atoms with E-state index >= 15 is 0 Å². The fraction of sp³-hybridized carbons (Fsp3) is 0.429. The van der Waals surface area contributed by atoms with E-state index in [2.05, 4.69) is 0 Å². The molecule has 1 aliphatic rings. The van der Waals surface area contributed by atoms with Gasteiger partial charge in [0, 0.05) is 25.2 Å². The first-order chi connectivity index (χ1) is 10.8. The molecule has 1 fully saturated rings. The highest BCUT2D eigenvalue weighted by atomic mass is 19.1. The SMILES string of the molecule is C[C@@H]1CN(C(=O)COc2ccc([N+](=O)[O-])c(F)c2)C[C@H]1C(=O)O. The Hall–Kier alpha value is -2.71. The van der Waals surface area contributed by atoms with Gasteiger partial charge in [0.2, 0.25) is 5.82 Å². The Kier molecular flexibility index (Phi) is 4.77. The first-order valence-corrected chi connectivity index (χ1v) is 6.87. The molecule has 1 N–H and O–H groups in total. The number of ether oxygens (including phenoxy) is 1. The minimum atomic E-state index is -1.05. The van der Waals surface area contributed by atoms with Crippen LogP contribution >= 0.6 is 0 Å². The van der Waals surface area contributed by atoms with Crippen molar-refractivity contribution in [1.82, 2.24) is 4.90 Å². The van der Waals surface area contributed by atoms with Crippen LogP contribution < -0.4 is 4.74 Å². The normalized spacial score (nSPS) is 20.3. The van der Waals surface area contributed by atoms with Crippen LogP contribution in [-0.4, -0.2) is 46.5 Å². The summed E-state index contributed by atoms with van der Waals surface area (Å²) in [6, 6.07) is 2.98. The average Bonchev–Trinajstić information content (AvgIpc) is 2.86. The zero-order valence-electron chi connectivity index (χ0n) is 12.3. The lowest BCUT2D eigenvalue weighted by atomic mass is 9.99. The second-order valence-electron chi connectivity index (χ2n) is 5.38. The van der Waals surface area contributed by atoms with E-state index in [-0.39, 0.29) is 18.2 Å². The van der Waals surface area contributed by atoms with Gasteiger partial charge in [-0.2, -0.15) is 4.39 Å². The topological polar surface area (TPSA) is 110 Å². The number of benzene rings is 1. The van der Waals surface area contributed by atoms with Crippen molar-refractivity contribution in [3.8, 4) is 5.75 Å². The number of nitro benzene ring substituents is 1. The van der Waals surface area contributed by atoms with Crippen molar-refractivity contribution >= 4 is 17.6 Å². The molecule has 1 aliphatic heterocycles. The highest BCUT2D eigenvalue weighted by molar-refractivity contribution is 5.80. The maximum Gasteiger partial charge on any atom is 0.308 e. The number of hydrogen-bond acceptors (Lipinski definition) is 5. The number of carboxylic acids is 1. The number of likely N-dealkylation sites (tertiary alicyclic amines) is 1. The van der Waals surface area contributed by atoms with E-state index in [1.165, 1.54) is 11.0 Å². The van der Waals surface area contributed by atoms with E-state index in [0.29, 0.717) is 6.54 Å². The van der Waals surface area contributed by atoms with Gasteiger partial charge in [0.1, 0.15) is 5.75 Å². The fourth-order valence-corrected chi connectivity index (χ4v) is 2.45. The Morgan fingerprint density at radius 3 is 2.70 bits per heavy atom. The predicted molar refractivity (Wildman–Crippen MR) is 75.4 cm³/mol. The molecule has 2 atom stereocenters. The molecule has 23 heavy (non-hydrogen) atoms. The van der Waals surface area contributed by atoms with E-state index in [0.717, 1.165) is 12.1 Å². The van der Waals surface area contributed by atoms with E-state index < -0.39 is 40.8 Å². The monoisotopic (exact) mass is 326 g/mol. The van der Waals surface area contributed by atoms with Crippen LogP contribution in [0.4, 0.5) is 10.1 Å². The Balaban J connectivity index is 1.94. The van der Waals surface area contributed by atoms with Gasteiger partial charge in [-0.15, -0.1) is 0 Å². The summed E-state index contributed by atoms with van der Waals surface area (Å²) in [6.07, 6.45) is 0. The van der Waals surface area contributed by atoms with Crippen molar-refractivity contribution in [2.75, 3.05) is 19.7 Å². The van der Waals surface area contributed by atoms with E-state index in [9.17, 15) is 24.1 Å². The summed E-state index contributed by atoms with van der Waals surface area (Å²) in [5.41, 5.74) is -0.679. The van der Waals surface area contributed by atoms with Gasteiger partial charge in [0.15, 0.2) is 6.61 Å². The highest BCUT2D eigenvalue weighted by Gasteiger charge is 2.36. The molecule has 0 unspecified atom stereocenters. The van der Waals surface area contributed by atoms with Crippen molar-refractivity contribution in [2.45, 2.75) is 6.92 Å². The molecule has 2 rings (SSSR count). The lowest BCUT2D eigenvalue weighted by Crippen LogP contribution is -2.33. The number of carbonyl (C=O) groups excluding carboxylic acids is 1. The summed E-state index contributed by atoms with van der Waals surface area (Å²) in [5.74, 6) is -3.21. The van der Waals surface area contributed by atoms with Crippen LogP contribution in [0.25, 0.3) is 0 Å². The van der Waals surface area contributed by atoms with Crippen LogP contribution in [0.1, 0.15) is 6.92 Å². The third-order valence-corrected chi connectivity index (χ3v) is 3.76. The molecule has 9 heteroatoms. The van der Waals surface area contributed by atoms with Gasteiger partial charge in [-0.25, -0.2) is 0 Å². The molecule has 124 valence electrons. The Morgan fingerprint density at radius 1 is 1.48 bits per heavy atom. The van der Waals surface area contributed by atoms with Gasteiger partial charge in [-0.05, 0) is 12.0 Å². The molecule has 1 aromatic carbocycles. The molecule has 1 saturated heterocycles. The summed E-state index contributed by atoms with van der Waals surface area (Å²) in [4.78, 5) is 34.0. The Morgan fingerprint density at radius 2 is 2.17 bits per heavy atom. The molecule has 1 heterocycles. The molecular formula is C14H15FN2O6. The van der Waals surface area contributed by atoms with Crippen molar-refractivity contribution < 1.29 is 28.7 Å². The molecular weight excluding hydrogens is 311 g/mol. The van der Waals surface area contributed by atoms with Crippen molar-refractivity contribution in [3.05, 3.63) is 34.1 Å². The maximum atomic E-state index is 13.4. The summed E-state index contributed by atoms with van der Waals surface area (Å²) in [7, 11) is 0. The fourth-order valence-electron chi connectivity index (χ4n) is 2.45. The smallest absolute Gasteiger partial charge is 0.308 e. The lowest BCUT2D eigenvalue weighted by Gasteiger charge is -2.16. The first-order valence-electron chi connectivity index (χ1n) is 6.87. The zero-order valence-corrected chi connectivity index (χ0v) is 12.3. The quantitative estimate of drug-likeness (QED) is 0.645. The van der Waals surface area contributed by atoms with Gasteiger partial charge >= 0.3 is 11.7 Å². The number of hydrogen-bond donors (Lipinski definition) is 1. The summed E-state index contributed by atoms with van der Waals surface area (Å²) in [5, 5.41) is 19.5. The molecule has 0 aromatic heterocycles. The number of aliphatic carboxylic acids is 1. The molecule has 0 saturated carbocycles. The molecule has 0 bridgehead atoms. The molecule has 1 aromatic rings. The van der Waals surface area contributed by atoms with Crippen molar-refractivity contribution in [2.24, 2.45) is 11.8 Å². The van der Waals surface area contributed by atoms with Crippen molar-refractivity contribution in [3.63, 3.8) is 0 Å². The Labute approximate surface area is 130 Å². The summed E-state index contributed by atoms with van der Waals surface area (Å²) < 4.78 is 18.6. The van der Waals surface area contributed by atoms with Gasteiger partial charge in [-0.3, -0.25) is 19.7 Å². The number of rotatable bonds is 5. The number of carboxylic acid groups (broad SMARTS) is 1. The third kappa shape index (κ3) is 3.74. The van der Waals surface area contributed by atoms with Crippen LogP contribution in [0.5, 0.6) is 5.75 Å². The van der Waals surface area contributed by atoms with Crippen LogP contribution in [-0.2, 0) is 9.59 Å². The van der Waals surface area contributed by atoms with Crippen LogP contribution in [0.3, 0.4) is 0 Å². The zero-order chi connectivity index (χ0) is 17.1. The molecule has 1 amide bonds. The second kappa shape index (κ2) is 6.59. The molecule has 0 aliphatic carbocycles. The van der Waals surface area contributed by atoms with Gasteiger partial charge < -0.3 is 14.7 Å².